The molecule has 0 bridgehead atoms. The Morgan fingerprint density at radius 2 is 2.14 bits per heavy atom. The number of non-ortho nitro benzene ring substituents is 1. The number of piperidine rings is 1. The van der Waals surface area contributed by atoms with E-state index in [-0.39, 0.29) is 22.7 Å². The van der Waals surface area contributed by atoms with Crippen molar-refractivity contribution < 1.29 is 13.3 Å². The summed E-state index contributed by atoms with van der Waals surface area (Å²) in [5, 5.41) is 13.9. The molecule has 0 radical (unpaired) electrons. The fourth-order valence-electron chi connectivity index (χ4n) is 2.52. The standard InChI is InChI=1S/C13H19N3O4S/c1-9-8-11(16(17)18)5-6-13(9)21(19,20)15-12-4-3-7-14-10(12)2/h5-6,8,10,12,14-15H,3-4,7H2,1-2H3. The zero-order chi connectivity index (χ0) is 15.6. The summed E-state index contributed by atoms with van der Waals surface area (Å²) in [5.74, 6) is 0. The first-order chi connectivity index (χ1) is 9.81. The Morgan fingerprint density at radius 3 is 2.71 bits per heavy atom. The van der Waals surface area contributed by atoms with Gasteiger partial charge in [0.25, 0.3) is 5.69 Å². The fourth-order valence-corrected chi connectivity index (χ4v) is 4.09. The minimum Gasteiger partial charge on any atom is -0.313 e. The molecule has 2 unspecified atom stereocenters. The van der Waals surface area contributed by atoms with Gasteiger partial charge in [-0.1, -0.05) is 0 Å². The average Bonchev–Trinajstić information content (AvgIpc) is 2.40. The molecule has 0 saturated carbocycles. The first kappa shape index (κ1) is 15.9. The van der Waals surface area contributed by atoms with Crippen LogP contribution in [0.15, 0.2) is 23.1 Å². The number of hydrogen-bond donors (Lipinski definition) is 2. The Bertz CT molecular complexity index is 645. The van der Waals surface area contributed by atoms with Gasteiger partial charge in [0.05, 0.1) is 9.82 Å². The number of hydrogen-bond acceptors (Lipinski definition) is 5. The summed E-state index contributed by atoms with van der Waals surface area (Å²) in [6, 6.07) is 3.67. The molecule has 1 aliphatic heterocycles. The minimum absolute atomic E-state index is 0.0619. The quantitative estimate of drug-likeness (QED) is 0.645. The fraction of sp³-hybridized carbons (Fsp3) is 0.538. The maximum Gasteiger partial charge on any atom is 0.269 e. The van der Waals surface area contributed by atoms with Crippen molar-refractivity contribution in [3.63, 3.8) is 0 Å². The van der Waals surface area contributed by atoms with Crippen LogP contribution in [0.2, 0.25) is 0 Å². The number of nitrogens with one attached hydrogen (secondary N) is 2. The highest BCUT2D eigenvalue weighted by Crippen LogP contribution is 2.22. The second kappa shape index (κ2) is 6.08. The van der Waals surface area contributed by atoms with Gasteiger partial charge in [-0.15, -0.1) is 0 Å². The maximum absolute atomic E-state index is 12.4. The Balaban J connectivity index is 2.25. The van der Waals surface area contributed by atoms with Crippen LogP contribution in [0.25, 0.3) is 0 Å². The van der Waals surface area contributed by atoms with E-state index in [1.165, 1.54) is 18.2 Å². The second-order valence-corrected chi connectivity index (χ2v) is 7.00. The largest absolute Gasteiger partial charge is 0.313 e. The number of nitro groups is 1. The SMILES string of the molecule is Cc1cc([N+](=O)[O-])ccc1S(=O)(=O)NC1CCCNC1C. The van der Waals surface area contributed by atoms with Crippen LogP contribution in [-0.4, -0.2) is 32.0 Å². The van der Waals surface area contributed by atoms with Crippen molar-refractivity contribution in [2.75, 3.05) is 6.54 Å². The van der Waals surface area contributed by atoms with E-state index in [2.05, 4.69) is 10.0 Å². The van der Waals surface area contributed by atoms with E-state index in [0.29, 0.717) is 5.56 Å². The molecule has 0 spiro atoms. The van der Waals surface area contributed by atoms with Gasteiger partial charge >= 0.3 is 0 Å². The van der Waals surface area contributed by atoms with Crippen LogP contribution >= 0.6 is 0 Å². The first-order valence-corrected chi connectivity index (χ1v) is 8.30. The van der Waals surface area contributed by atoms with Gasteiger partial charge < -0.3 is 5.32 Å². The molecule has 21 heavy (non-hydrogen) atoms. The summed E-state index contributed by atoms with van der Waals surface area (Å²) in [5.41, 5.74) is 0.257. The highest BCUT2D eigenvalue weighted by molar-refractivity contribution is 7.89. The minimum atomic E-state index is -3.68. The number of aryl methyl sites for hydroxylation is 1. The summed E-state index contributed by atoms with van der Waals surface area (Å²) < 4.78 is 27.6. The van der Waals surface area contributed by atoms with Gasteiger partial charge in [0.2, 0.25) is 10.0 Å². The summed E-state index contributed by atoms with van der Waals surface area (Å²) in [6.07, 6.45) is 1.69. The van der Waals surface area contributed by atoms with E-state index in [1.807, 2.05) is 6.92 Å². The third kappa shape index (κ3) is 3.58. The molecule has 0 aliphatic carbocycles. The molecular weight excluding hydrogens is 294 g/mol. The van der Waals surface area contributed by atoms with Crippen molar-refractivity contribution >= 4 is 15.7 Å². The summed E-state index contributed by atoms with van der Waals surface area (Å²) in [6.45, 7) is 4.38. The number of nitrogens with zero attached hydrogens (tertiary/aromatic N) is 1. The molecule has 7 nitrogen and oxygen atoms in total. The van der Waals surface area contributed by atoms with E-state index in [9.17, 15) is 18.5 Å². The molecule has 116 valence electrons. The van der Waals surface area contributed by atoms with Gasteiger partial charge in [-0.25, -0.2) is 13.1 Å². The van der Waals surface area contributed by atoms with Crippen molar-refractivity contribution in [2.45, 2.75) is 43.7 Å². The van der Waals surface area contributed by atoms with Crippen LogP contribution in [-0.2, 0) is 10.0 Å². The molecule has 1 aliphatic rings. The highest BCUT2D eigenvalue weighted by atomic mass is 32.2. The van der Waals surface area contributed by atoms with Crippen LogP contribution in [0.1, 0.15) is 25.3 Å². The Morgan fingerprint density at radius 1 is 1.43 bits per heavy atom. The molecule has 2 atom stereocenters. The molecule has 2 rings (SSSR count). The average molecular weight is 313 g/mol. The topological polar surface area (TPSA) is 101 Å². The number of benzene rings is 1. The molecule has 1 aromatic rings. The van der Waals surface area contributed by atoms with E-state index >= 15 is 0 Å². The summed E-state index contributed by atoms with van der Waals surface area (Å²) >= 11 is 0. The predicted octanol–water partition coefficient (Wildman–Crippen LogP) is 1.32. The predicted molar refractivity (Wildman–Crippen MR) is 78.6 cm³/mol. The molecule has 1 aromatic carbocycles. The summed E-state index contributed by atoms with van der Waals surface area (Å²) in [4.78, 5) is 10.3. The Kier molecular flexibility index (Phi) is 4.60. The number of nitro benzene ring substituents is 1. The van der Waals surface area contributed by atoms with Crippen LogP contribution in [0.3, 0.4) is 0 Å². The third-order valence-corrected chi connectivity index (χ3v) is 5.38. The monoisotopic (exact) mass is 313 g/mol. The highest BCUT2D eigenvalue weighted by Gasteiger charge is 2.27. The van der Waals surface area contributed by atoms with Gasteiger partial charge in [0.15, 0.2) is 0 Å². The number of sulfonamides is 1. The van der Waals surface area contributed by atoms with E-state index < -0.39 is 14.9 Å². The smallest absolute Gasteiger partial charge is 0.269 e. The molecule has 8 heteroatoms. The van der Waals surface area contributed by atoms with E-state index in [1.54, 1.807) is 6.92 Å². The van der Waals surface area contributed by atoms with Crippen LogP contribution in [0.4, 0.5) is 5.69 Å². The first-order valence-electron chi connectivity index (χ1n) is 6.82. The summed E-state index contributed by atoms with van der Waals surface area (Å²) in [7, 11) is -3.68. The van der Waals surface area contributed by atoms with Crippen LogP contribution in [0.5, 0.6) is 0 Å². The van der Waals surface area contributed by atoms with Crippen molar-refractivity contribution in [2.24, 2.45) is 0 Å². The molecule has 0 amide bonds. The lowest BCUT2D eigenvalue weighted by Crippen LogP contribution is -2.51. The lowest BCUT2D eigenvalue weighted by Gasteiger charge is -2.30. The normalized spacial score (nSPS) is 23.0. The lowest BCUT2D eigenvalue weighted by atomic mass is 10.0. The van der Waals surface area contributed by atoms with Crippen molar-refractivity contribution in [3.05, 3.63) is 33.9 Å². The maximum atomic E-state index is 12.4. The van der Waals surface area contributed by atoms with Crippen LogP contribution in [0, 0.1) is 17.0 Å². The van der Waals surface area contributed by atoms with Gasteiger partial charge in [-0.3, -0.25) is 10.1 Å². The van der Waals surface area contributed by atoms with Crippen molar-refractivity contribution in [1.29, 1.82) is 0 Å². The van der Waals surface area contributed by atoms with E-state index in [4.69, 9.17) is 0 Å². The lowest BCUT2D eigenvalue weighted by molar-refractivity contribution is -0.385. The van der Waals surface area contributed by atoms with Gasteiger partial charge in [0, 0.05) is 24.2 Å². The van der Waals surface area contributed by atoms with Crippen molar-refractivity contribution in [3.8, 4) is 0 Å². The number of rotatable bonds is 4. The third-order valence-electron chi connectivity index (χ3n) is 3.73. The zero-order valence-electron chi connectivity index (χ0n) is 12.0. The van der Waals surface area contributed by atoms with Gasteiger partial charge in [-0.2, -0.15) is 0 Å². The molecule has 1 saturated heterocycles. The van der Waals surface area contributed by atoms with Crippen LogP contribution < -0.4 is 10.0 Å². The molecule has 0 aromatic heterocycles. The molecular formula is C13H19N3O4S. The molecule has 1 fully saturated rings. The zero-order valence-corrected chi connectivity index (χ0v) is 12.8. The Labute approximate surface area is 123 Å². The molecule has 1 heterocycles. The van der Waals surface area contributed by atoms with Gasteiger partial charge in [0.1, 0.15) is 0 Å². The Hall–Kier alpha value is -1.51. The molecule has 2 N–H and O–H groups in total. The van der Waals surface area contributed by atoms with Gasteiger partial charge in [-0.05, 0) is 44.9 Å². The van der Waals surface area contributed by atoms with Crippen molar-refractivity contribution in [1.82, 2.24) is 10.0 Å². The van der Waals surface area contributed by atoms with E-state index in [0.717, 1.165) is 19.4 Å². The second-order valence-electron chi connectivity index (χ2n) is 5.32.